The molecule has 5 nitrogen and oxygen atoms in total. The molecule has 30 heavy (non-hydrogen) atoms. The summed E-state index contributed by atoms with van der Waals surface area (Å²) in [7, 11) is 0. The van der Waals surface area contributed by atoms with Gasteiger partial charge in [-0.15, -0.1) is 0 Å². The Kier molecular flexibility index (Phi) is 5.59. The van der Waals surface area contributed by atoms with Crippen molar-refractivity contribution in [1.29, 1.82) is 0 Å². The van der Waals surface area contributed by atoms with E-state index in [4.69, 9.17) is 4.74 Å². The molecule has 0 atom stereocenters. The number of rotatable bonds is 6. The first-order chi connectivity index (χ1) is 14.5. The largest absolute Gasteiger partial charge is 0.483 e. The number of hydrogen-bond donors (Lipinski definition) is 0. The smallest absolute Gasteiger partial charge is 0.271 e. The number of thiazole rings is 1. The molecule has 0 unspecified atom stereocenters. The highest BCUT2D eigenvalue weighted by Gasteiger charge is 2.23. The highest BCUT2D eigenvalue weighted by atomic mass is 32.1. The van der Waals surface area contributed by atoms with Crippen molar-refractivity contribution in [3.05, 3.63) is 83.9 Å². The van der Waals surface area contributed by atoms with Crippen LogP contribution >= 0.6 is 11.3 Å². The van der Waals surface area contributed by atoms with E-state index in [0.29, 0.717) is 22.1 Å². The molecule has 0 N–H and O–H groups in total. The van der Waals surface area contributed by atoms with E-state index < -0.39 is 0 Å². The van der Waals surface area contributed by atoms with Gasteiger partial charge in [0.1, 0.15) is 5.75 Å². The first kappa shape index (κ1) is 19.8. The minimum absolute atomic E-state index is 0.0256. The minimum atomic E-state index is -0.243. The number of benzene rings is 3. The predicted octanol–water partition coefficient (Wildman–Crippen LogP) is 5.55. The fourth-order valence-electron chi connectivity index (χ4n) is 3.08. The summed E-state index contributed by atoms with van der Waals surface area (Å²) < 4.78 is 6.78. The van der Waals surface area contributed by atoms with Crippen LogP contribution in [0.5, 0.6) is 5.75 Å². The number of ether oxygens (including phenoxy) is 1. The zero-order valence-electron chi connectivity index (χ0n) is 16.7. The van der Waals surface area contributed by atoms with Crippen molar-refractivity contribution in [2.24, 2.45) is 0 Å². The molecule has 1 amide bonds. The van der Waals surface area contributed by atoms with Crippen LogP contribution in [0.15, 0.2) is 72.8 Å². The van der Waals surface area contributed by atoms with Gasteiger partial charge < -0.3 is 4.74 Å². The summed E-state index contributed by atoms with van der Waals surface area (Å²) in [5, 5.41) is 0.560. The number of aryl methyl sites for hydroxylation is 1. The summed E-state index contributed by atoms with van der Waals surface area (Å²) in [6.07, 6.45) is 0. The summed E-state index contributed by atoms with van der Waals surface area (Å²) in [5.41, 5.74) is 3.02. The second kappa shape index (κ2) is 8.47. The number of aromatic nitrogens is 1. The lowest BCUT2D eigenvalue weighted by Crippen LogP contribution is -2.31. The van der Waals surface area contributed by atoms with Crippen LogP contribution in [0, 0.1) is 6.92 Å². The second-order valence-corrected chi connectivity index (χ2v) is 7.86. The van der Waals surface area contributed by atoms with Gasteiger partial charge in [0.15, 0.2) is 17.5 Å². The number of carbonyl (C=O) groups excluding carboxylic acids is 2. The summed E-state index contributed by atoms with van der Waals surface area (Å²) in [6, 6.07) is 22.3. The van der Waals surface area contributed by atoms with E-state index in [2.05, 4.69) is 4.98 Å². The molecule has 150 valence electrons. The number of carbonyl (C=O) groups is 2. The maximum atomic E-state index is 13.2. The molecule has 1 aromatic heterocycles. The number of Topliss-reactive ketones (excluding diaryl/α,β-unsaturated/α-hetero) is 1. The predicted molar refractivity (Wildman–Crippen MR) is 120 cm³/mol. The third-order valence-corrected chi connectivity index (χ3v) is 5.72. The maximum absolute atomic E-state index is 13.2. The molecule has 3 aromatic carbocycles. The van der Waals surface area contributed by atoms with Crippen LogP contribution in [0.3, 0.4) is 0 Å². The van der Waals surface area contributed by atoms with Crippen molar-refractivity contribution in [3.63, 3.8) is 0 Å². The number of anilines is 2. The summed E-state index contributed by atoms with van der Waals surface area (Å²) in [6.45, 7) is 3.32. The van der Waals surface area contributed by atoms with E-state index in [1.54, 1.807) is 29.2 Å². The molecule has 0 aliphatic heterocycles. The van der Waals surface area contributed by atoms with Crippen LogP contribution in [0.1, 0.15) is 22.8 Å². The van der Waals surface area contributed by atoms with Crippen molar-refractivity contribution in [2.45, 2.75) is 13.8 Å². The molecule has 0 fully saturated rings. The van der Waals surface area contributed by atoms with Crippen LogP contribution in [0.4, 0.5) is 10.8 Å². The molecule has 0 radical (unpaired) electrons. The molecule has 4 aromatic rings. The van der Waals surface area contributed by atoms with Gasteiger partial charge in [0.05, 0.1) is 15.9 Å². The van der Waals surface area contributed by atoms with Gasteiger partial charge in [-0.05, 0) is 61.9 Å². The van der Waals surface area contributed by atoms with Gasteiger partial charge in [-0.3, -0.25) is 14.5 Å². The Hall–Kier alpha value is -3.51. The Morgan fingerprint density at radius 3 is 2.37 bits per heavy atom. The lowest BCUT2D eigenvalue weighted by atomic mass is 10.1. The third kappa shape index (κ3) is 4.09. The SMILES string of the molecule is CC(=O)c1ccc(N(C(=O)COc2ccccc2C)c2nc3ccccc3s2)cc1. The average molecular weight is 417 g/mol. The van der Waals surface area contributed by atoms with Gasteiger partial charge in [-0.1, -0.05) is 41.7 Å². The van der Waals surface area contributed by atoms with Crippen molar-refractivity contribution >= 4 is 44.1 Å². The Balaban J connectivity index is 1.68. The third-order valence-electron chi connectivity index (χ3n) is 4.70. The summed E-state index contributed by atoms with van der Waals surface area (Å²) >= 11 is 1.44. The quantitative estimate of drug-likeness (QED) is 0.387. The van der Waals surface area contributed by atoms with Crippen LogP contribution in [0.2, 0.25) is 0 Å². The zero-order valence-corrected chi connectivity index (χ0v) is 17.5. The monoisotopic (exact) mass is 416 g/mol. The topological polar surface area (TPSA) is 59.5 Å². The second-order valence-electron chi connectivity index (χ2n) is 6.85. The standard InChI is InChI=1S/C24H20N2O3S/c1-16-7-3-5-9-21(16)29-15-23(28)26(19-13-11-18(12-14-19)17(2)27)24-25-20-8-4-6-10-22(20)30-24/h3-14H,15H2,1-2H3. The number of ketones is 1. The Bertz CT molecular complexity index is 1180. The van der Waals surface area contributed by atoms with E-state index in [-0.39, 0.29) is 18.3 Å². The molecule has 1 heterocycles. The number of para-hydroxylation sites is 2. The summed E-state index contributed by atoms with van der Waals surface area (Å²) in [4.78, 5) is 31.0. The number of fused-ring (bicyclic) bond motifs is 1. The van der Waals surface area contributed by atoms with Gasteiger partial charge in [0, 0.05) is 5.56 Å². The molecular formula is C24H20N2O3S. The number of hydrogen-bond acceptors (Lipinski definition) is 5. The van der Waals surface area contributed by atoms with E-state index >= 15 is 0 Å². The number of nitrogens with zero attached hydrogens (tertiary/aromatic N) is 2. The molecule has 0 saturated heterocycles. The lowest BCUT2D eigenvalue weighted by Gasteiger charge is -2.20. The Labute approximate surface area is 178 Å². The first-order valence-electron chi connectivity index (χ1n) is 9.51. The maximum Gasteiger partial charge on any atom is 0.271 e. The average Bonchev–Trinajstić information content (AvgIpc) is 3.17. The van der Waals surface area contributed by atoms with Crippen molar-refractivity contribution in [3.8, 4) is 5.75 Å². The van der Waals surface area contributed by atoms with Crippen LogP contribution in [0.25, 0.3) is 10.2 Å². The highest BCUT2D eigenvalue weighted by Crippen LogP contribution is 2.34. The Morgan fingerprint density at radius 2 is 1.67 bits per heavy atom. The van der Waals surface area contributed by atoms with Crippen molar-refractivity contribution in [1.82, 2.24) is 4.98 Å². The van der Waals surface area contributed by atoms with Gasteiger partial charge in [-0.25, -0.2) is 4.98 Å². The highest BCUT2D eigenvalue weighted by molar-refractivity contribution is 7.22. The molecule has 6 heteroatoms. The zero-order chi connectivity index (χ0) is 21.1. The van der Waals surface area contributed by atoms with E-state index in [9.17, 15) is 9.59 Å². The van der Waals surface area contributed by atoms with Crippen LogP contribution in [-0.4, -0.2) is 23.3 Å². The van der Waals surface area contributed by atoms with Crippen LogP contribution in [-0.2, 0) is 4.79 Å². The van der Waals surface area contributed by atoms with Gasteiger partial charge in [0.2, 0.25) is 0 Å². The van der Waals surface area contributed by atoms with Gasteiger partial charge in [0.25, 0.3) is 5.91 Å². The molecule has 0 bridgehead atoms. The molecule has 4 rings (SSSR count). The molecular weight excluding hydrogens is 396 g/mol. The molecule has 0 spiro atoms. The number of amides is 1. The van der Waals surface area contributed by atoms with Crippen molar-refractivity contribution < 1.29 is 14.3 Å². The molecule has 0 aliphatic carbocycles. The van der Waals surface area contributed by atoms with E-state index in [0.717, 1.165) is 15.8 Å². The van der Waals surface area contributed by atoms with Crippen LogP contribution < -0.4 is 9.64 Å². The Morgan fingerprint density at radius 1 is 0.967 bits per heavy atom. The molecule has 0 saturated carbocycles. The lowest BCUT2D eigenvalue weighted by molar-refractivity contribution is -0.119. The van der Waals surface area contributed by atoms with E-state index in [1.807, 2.05) is 55.5 Å². The fraction of sp³-hybridized carbons (Fsp3) is 0.125. The fourth-order valence-corrected chi connectivity index (χ4v) is 4.09. The first-order valence-corrected chi connectivity index (χ1v) is 10.3. The normalized spacial score (nSPS) is 10.7. The minimum Gasteiger partial charge on any atom is -0.483 e. The van der Waals surface area contributed by atoms with Crippen molar-refractivity contribution in [2.75, 3.05) is 11.5 Å². The van der Waals surface area contributed by atoms with E-state index in [1.165, 1.54) is 18.3 Å². The van der Waals surface area contributed by atoms with Gasteiger partial charge >= 0.3 is 0 Å². The summed E-state index contributed by atoms with van der Waals surface area (Å²) in [5.74, 6) is 0.400. The molecule has 0 aliphatic rings. The van der Waals surface area contributed by atoms with Gasteiger partial charge in [-0.2, -0.15) is 0 Å².